The van der Waals surface area contributed by atoms with Gasteiger partial charge in [-0.1, -0.05) is 35.9 Å². The highest BCUT2D eigenvalue weighted by Crippen LogP contribution is 2.50. The Labute approximate surface area is 226 Å². The number of hydrogen-bond donors (Lipinski definition) is 0. The molecule has 6 rings (SSSR count). The van der Waals surface area contributed by atoms with Gasteiger partial charge in [0.15, 0.2) is 0 Å². The third-order valence-corrected chi connectivity index (χ3v) is 8.04. The van der Waals surface area contributed by atoms with Crippen LogP contribution in [0.2, 0.25) is 5.02 Å². The number of ether oxygens (including phenoxy) is 1. The van der Waals surface area contributed by atoms with Crippen molar-refractivity contribution in [3.05, 3.63) is 105 Å². The van der Waals surface area contributed by atoms with E-state index >= 15 is 0 Å². The molecule has 0 saturated heterocycles. The second-order valence-electron chi connectivity index (χ2n) is 11.0. The van der Waals surface area contributed by atoms with Gasteiger partial charge in [0.2, 0.25) is 5.91 Å². The summed E-state index contributed by atoms with van der Waals surface area (Å²) in [7, 11) is 1.67. The van der Waals surface area contributed by atoms with Crippen LogP contribution in [-0.4, -0.2) is 25.9 Å². The highest BCUT2D eigenvalue weighted by molar-refractivity contribution is 6.31. The number of rotatable bonds is 4. The van der Waals surface area contributed by atoms with Crippen LogP contribution in [0.25, 0.3) is 0 Å². The van der Waals surface area contributed by atoms with Gasteiger partial charge in [-0.15, -0.1) is 0 Å². The largest absolute Gasteiger partial charge is 0.488 e. The molecule has 4 aromatic rings. The van der Waals surface area contributed by atoms with Crippen LogP contribution >= 0.6 is 11.6 Å². The van der Waals surface area contributed by atoms with Crippen molar-refractivity contribution in [1.82, 2.24) is 14.3 Å². The molecule has 3 heterocycles. The normalized spacial score (nSPS) is 19.7. The first-order chi connectivity index (χ1) is 18.1. The Hall–Kier alpha value is -3.84. The molecule has 194 valence electrons. The summed E-state index contributed by atoms with van der Waals surface area (Å²) in [4.78, 5) is 28.2. The monoisotopic (exact) mass is 528 g/mol. The lowest BCUT2D eigenvalue weighted by Crippen LogP contribution is -2.37. The average Bonchev–Trinajstić information content (AvgIpc) is 3.32. The van der Waals surface area contributed by atoms with Gasteiger partial charge < -0.3 is 4.74 Å². The Morgan fingerprint density at radius 2 is 1.76 bits per heavy atom. The summed E-state index contributed by atoms with van der Waals surface area (Å²) in [5, 5.41) is 4.72. The summed E-state index contributed by atoms with van der Waals surface area (Å²) in [5.74, 6) is 0.838. The molecule has 1 atom stereocenters. The summed E-state index contributed by atoms with van der Waals surface area (Å²) in [6.07, 6.45) is 3.31. The van der Waals surface area contributed by atoms with Crippen LogP contribution in [0, 0.1) is 0 Å². The van der Waals surface area contributed by atoms with E-state index in [0.29, 0.717) is 11.6 Å². The van der Waals surface area contributed by atoms with Gasteiger partial charge in [-0.2, -0.15) is 5.10 Å². The van der Waals surface area contributed by atoms with Gasteiger partial charge in [0, 0.05) is 17.8 Å². The molecule has 0 bridgehead atoms. The van der Waals surface area contributed by atoms with E-state index in [4.69, 9.17) is 16.3 Å². The maximum absolute atomic E-state index is 14.3. The van der Waals surface area contributed by atoms with Crippen molar-refractivity contribution in [2.75, 3.05) is 4.90 Å². The van der Waals surface area contributed by atoms with E-state index in [-0.39, 0.29) is 17.2 Å². The molecule has 0 fully saturated rings. The molecule has 1 aromatic heterocycles. The summed E-state index contributed by atoms with van der Waals surface area (Å²) >= 11 is 6.45. The molecule has 0 aliphatic carbocycles. The highest BCUT2D eigenvalue weighted by Gasteiger charge is 2.49. The predicted octanol–water partition coefficient (Wildman–Crippen LogP) is 5.37. The standard InChI is InChI=1S/C30H29ClN4O3/c1-29(2)14-13-20-15-21(7-12-26(20)38-29)30(3)24-16-22(31)8-11-25(24)35(27(30)36)23-9-5-19(6-10-23)17-34-28(37)33(4)18-32-34/h5-12,15-16,18H,13-14,17H2,1-4H3/t30-/m0/s1. The third-order valence-electron chi connectivity index (χ3n) is 7.80. The van der Waals surface area contributed by atoms with Crippen LogP contribution in [0.3, 0.4) is 0 Å². The maximum Gasteiger partial charge on any atom is 0.345 e. The molecule has 0 saturated carbocycles. The van der Waals surface area contributed by atoms with Gasteiger partial charge in [0.1, 0.15) is 17.7 Å². The molecule has 2 aliphatic heterocycles. The molecular weight excluding hydrogens is 500 g/mol. The topological polar surface area (TPSA) is 69.4 Å². The SMILES string of the molecule is Cn1cnn(Cc2ccc(N3C(=O)[C@@](C)(c4ccc5c(c4)CCC(C)(C)O5)c4cc(Cl)ccc43)cc2)c1=O. The fourth-order valence-corrected chi connectivity index (χ4v) is 5.68. The number of halogens is 1. The van der Waals surface area contributed by atoms with Crippen molar-refractivity contribution in [2.24, 2.45) is 7.05 Å². The minimum atomic E-state index is -0.915. The van der Waals surface area contributed by atoms with Gasteiger partial charge in [0.25, 0.3) is 0 Å². The van der Waals surface area contributed by atoms with Crippen LogP contribution in [-0.2, 0) is 30.2 Å². The first-order valence-electron chi connectivity index (χ1n) is 12.7. The van der Waals surface area contributed by atoms with Crippen molar-refractivity contribution in [3.8, 4) is 5.75 Å². The summed E-state index contributed by atoms with van der Waals surface area (Å²) in [5.41, 5.74) is 4.09. The zero-order valence-electron chi connectivity index (χ0n) is 21.9. The molecule has 0 N–H and O–H groups in total. The summed E-state index contributed by atoms with van der Waals surface area (Å²) < 4.78 is 9.04. The number of anilines is 2. The number of hydrogen-bond acceptors (Lipinski definition) is 4. The first-order valence-corrected chi connectivity index (χ1v) is 13.1. The minimum absolute atomic E-state index is 0.0412. The maximum atomic E-state index is 14.3. The number of benzene rings is 3. The third kappa shape index (κ3) is 3.84. The fourth-order valence-electron chi connectivity index (χ4n) is 5.51. The van der Waals surface area contributed by atoms with Crippen LogP contribution in [0.5, 0.6) is 5.75 Å². The molecule has 0 spiro atoms. The Morgan fingerprint density at radius 1 is 1.00 bits per heavy atom. The number of amides is 1. The zero-order valence-corrected chi connectivity index (χ0v) is 22.6. The molecule has 1 amide bonds. The van der Waals surface area contributed by atoms with Crippen molar-refractivity contribution >= 4 is 28.9 Å². The predicted molar refractivity (Wildman–Crippen MR) is 148 cm³/mol. The second kappa shape index (κ2) is 8.60. The van der Waals surface area contributed by atoms with Crippen LogP contribution in [0.1, 0.15) is 49.4 Å². The Bertz CT molecular complexity index is 1640. The van der Waals surface area contributed by atoms with Crippen molar-refractivity contribution in [2.45, 2.75) is 51.2 Å². The molecule has 3 aromatic carbocycles. The summed E-state index contributed by atoms with van der Waals surface area (Å²) in [6, 6.07) is 19.4. The number of fused-ring (bicyclic) bond motifs is 2. The number of carbonyl (C=O) groups is 1. The van der Waals surface area contributed by atoms with Crippen molar-refractivity contribution in [1.29, 1.82) is 0 Å². The Kier molecular flexibility index (Phi) is 5.54. The smallest absolute Gasteiger partial charge is 0.345 e. The number of nitrogens with zero attached hydrogens (tertiary/aromatic N) is 4. The Morgan fingerprint density at radius 3 is 2.47 bits per heavy atom. The number of aryl methyl sites for hydroxylation is 2. The lowest BCUT2D eigenvalue weighted by Gasteiger charge is -2.34. The second-order valence-corrected chi connectivity index (χ2v) is 11.4. The van der Waals surface area contributed by atoms with E-state index in [0.717, 1.165) is 52.2 Å². The highest BCUT2D eigenvalue weighted by atomic mass is 35.5. The van der Waals surface area contributed by atoms with E-state index in [1.54, 1.807) is 11.9 Å². The lowest BCUT2D eigenvalue weighted by atomic mass is 9.76. The molecule has 38 heavy (non-hydrogen) atoms. The molecule has 7 nitrogen and oxygen atoms in total. The number of carbonyl (C=O) groups excluding carboxylic acids is 1. The van der Waals surface area contributed by atoms with Crippen molar-refractivity contribution < 1.29 is 9.53 Å². The van der Waals surface area contributed by atoms with Gasteiger partial charge in [-0.05, 0) is 92.3 Å². The first kappa shape index (κ1) is 24.5. The van der Waals surface area contributed by atoms with E-state index in [2.05, 4.69) is 25.0 Å². The van der Waals surface area contributed by atoms with Crippen LogP contribution in [0.15, 0.2) is 71.8 Å². The van der Waals surface area contributed by atoms with E-state index in [1.165, 1.54) is 15.6 Å². The van der Waals surface area contributed by atoms with Gasteiger partial charge in [0.05, 0.1) is 17.6 Å². The average molecular weight is 529 g/mol. The van der Waals surface area contributed by atoms with Gasteiger partial charge >= 0.3 is 5.69 Å². The van der Waals surface area contributed by atoms with Gasteiger partial charge in [-0.3, -0.25) is 14.3 Å². The Balaban J connectivity index is 1.38. The molecule has 2 aliphatic rings. The molecule has 0 unspecified atom stereocenters. The van der Waals surface area contributed by atoms with Crippen LogP contribution in [0.4, 0.5) is 11.4 Å². The quantitative estimate of drug-likeness (QED) is 0.357. The van der Waals surface area contributed by atoms with Crippen LogP contribution < -0.4 is 15.3 Å². The summed E-state index contributed by atoms with van der Waals surface area (Å²) in [6.45, 7) is 6.52. The zero-order chi connectivity index (χ0) is 26.8. The molecule has 0 radical (unpaired) electrons. The molecule has 8 heteroatoms. The molecular formula is C30H29ClN4O3. The minimum Gasteiger partial charge on any atom is -0.488 e. The van der Waals surface area contributed by atoms with E-state index < -0.39 is 5.41 Å². The van der Waals surface area contributed by atoms with Gasteiger partial charge in [-0.25, -0.2) is 9.48 Å². The van der Waals surface area contributed by atoms with Crippen molar-refractivity contribution in [3.63, 3.8) is 0 Å². The van der Waals surface area contributed by atoms with E-state index in [1.807, 2.05) is 61.5 Å². The fraction of sp³-hybridized carbons (Fsp3) is 0.300. The van der Waals surface area contributed by atoms with E-state index in [9.17, 15) is 9.59 Å². The number of aromatic nitrogens is 3. The lowest BCUT2D eigenvalue weighted by molar-refractivity contribution is -0.120.